The number of carboxylic acids is 1. The SMILES string of the molecule is CC(C(C(=O)O)(c1ccc(N2C(=O)C=CC2=O)cc1)N1C(=O)CCC1=O)S(=O)(=O)O. The lowest BCUT2D eigenvalue weighted by Gasteiger charge is -2.40. The molecule has 2 atom stereocenters. The van der Waals surface area contributed by atoms with Gasteiger partial charge in [0.2, 0.25) is 11.8 Å². The summed E-state index contributed by atoms with van der Waals surface area (Å²) in [6, 6.07) is 4.53. The Kier molecular flexibility index (Phi) is 5.08. The van der Waals surface area contributed by atoms with Gasteiger partial charge in [-0.2, -0.15) is 8.42 Å². The highest BCUT2D eigenvalue weighted by Crippen LogP contribution is 2.40. The van der Waals surface area contributed by atoms with Gasteiger partial charge in [0, 0.05) is 25.0 Å². The zero-order valence-corrected chi connectivity index (χ0v) is 16.3. The van der Waals surface area contributed by atoms with E-state index in [2.05, 4.69) is 0 Å². The number of benzene rings is 1. The number of hydrogen-bond donors (Lipinski definition) is 2. The molecule has 30 heavy (non-hydrogen) atoms. The Morgan fingerprint density at radius 3 is 1.87 bits per heavy atom. The zero-order chi connectivity index (χ0) is 22.4. The minimum absolute atomic E-state index is 0.0663. The molecular formula is C18H16N2O9S. The van der Waals surface area contributed by atoms with Crippen molar-refractivity contribution in [3.8, 4) is 0 Å². The molecule has 2 aliphatic heterocycles. The van der Waals surface area contributed by atoms with Crippen LogP contribution in [-0.2, 0) is 39.6 Å². The second-order valence-electron chi connectivity index (χ2n) is 6.74. The van der Waals surface area contributed by atoms with Crippen LogP contribution >= 0.6 is 0 Å². The summed E-state index contributed by atoms with van der Waals surface area (Å²) < 4.78 is 33.5. The van der Waals surface area contributed by atoms with E-state index in [0.717, 1.165) is 36.1 Å². The van der Waals surface area contributed by atoms with E-state index in [-0.39, 0.29) is 24.1 Å². The molecule has 12 heteroatoms. The van der Waals surface area contributed by atoms with Crippen LogP contribution in [0.4, 0.5) is 5.69 Å². The molecule has 1 aromatic rings. The molecule has 2 aliphatic rings. The molecule has 0 spiro atoms. The van der Waals surface area contributed by atoms with Gasteiger partial charge >= 0.3 is 5.97 Å². The maximum absolute atomic E-state index is 12.4. The number of amides is 4. The summed E-state index contributed by atoms with van der Waals surface area (Å²) in [6.07, 6.45) is 1.46. The summed E-state index contributed by atoms with van der Waals surface area (Å²) in [6.45, 7) is 0.869. The Morgan fingerprint density at radius 2 is 1.47 bits per heavy atom. The number of nitrogens with zero attached hydrogens (tertiary/aromatic N) is 2. The first-order chi connectivity index (χ1) is 13.9. The van der Waals surface area contributed by atoms with Crippen molar-refractivity contribution in [3.05, 3.63) is 42.0 Å². The molecule has 0 saturated carbocycles. The lowest BCUT2D eigenvalue weighted by molar-refractivity contribution is -0.164. The van der Waals surface area contributed by atoms with Crippen LogP contribution in [0.3, 0.4) is 0 Å². The molecule has 2 unspecified atom stereocenters. The smallest absolute Gasteiger partial charge is 0.336 e. The molecule has 158 valence electrons. The minimum atomic E-state index is -5.04. The standard InChI is InChI=1S/C18H16N2O9S/c1-10(30(27,28)29)18(17(25)26,20-15(23)8-9-16(20)24)11-2-4-12(5-3-11)19-13(21)6-7-14(19)22/h2-7,10H,8-9H2,1H3,(H,25,26)(H,27,28,29). The highest BCUT2D eigenvalue weighted by Gasteiger charge is 2.60. The summed E-state index contributed by atoms with van der Waals surface area (Å²) in [4.78, 5) is 61.9. The summed E-state index contributed by atoms with van der Waals surface area (Å²) >= 11 is 0. The Balaban J connectivity index is 2.21. The Morgan fingerprint density at radius 1 is 1.00 bits per heavy atom. The second-order valence-corrected chi connectivity index (χ2v) is 8.48. The van der Waals surface area contributed by atoms with Crippen molar-refractivity contribution in [2.24, 2.45) is 0 Å². The van der Waals surface area contributed by atoms with Crippen LogP contribution in [0.25, 0.3) is 0 Å². The Labute approximate surface area is 170 Å². The molecule has 1 saturated heterocycles. The molecule has 0 aromatic heterocycles. The molecule has 2 N–H and O–H groups in total. The number of carbonyl (C=O) groups is 5. The van der Waals surface area contributed by atoms with Crippen molar-refractivity contribution >= 4 is 45.4 Å². The van der Waals surface area contributed by atoms with Gasteiger partial charge in [-0.1, -0.05) is 12.1 Å². The van der Waals surface area contributed by atoms with Gasteiger partial charge in [-0.25, -0.2) is 9.69 Å². The first kappa shape index (κ1) is 21.3. The lowest BCUT2D eigenvalue weighted by atomic mass is 9.84. The molecule has 4 amide bonds. The number of imide groups is 2. The molecule has 11 nitrogen and oxygen atoms in total. The number of rotatable bonds is 6. The van der Waals surface area contributed by atoms with Gasteiger partial charge in [-0.05, 0) is 24.6 Å². The first-order valence-electron chi connectivity index (χ1n) is 8.64. The molecule has 0 aliphatic carbocycles. The van der Waals surface area contributed by atoms with Gasteiger partial charge in [-0.15, -0.1) is 0 Å². The highest BCUT2D eigenvalue weighted by molar-refractivity contribution is 7.86. The van der Waals surface area contributed by atoms with E-state index >= 15 is 0 Å². The highest BCUT2D eigenvalue weighted by atomic mass is 32.2. The summed E-state index contributed by atoms with van der Waals surface area (Å²) in [7, 11) is -5.04. The van der Waals surface area contributed by atoms with Crippen LogP contribution < -0.4 is 4.90 Å². The topological polar surface area (TPSA) is 166 Å². The summed E-state index contributed by atoms with van der Waals surface area (Å²) in [5, 5.41) is 7.91. The van der Waals surface area contributed by atoms with E-state index < -0.39 is 50.5 Å². The van der Waals surface area contributed by atoms with E-state index in [1.165, 1.54) is 12.1 Å². The monoisotopic (exact) mass is 436 g/mol. The molecular weight excluding hydrogens is 420 g/mol. The largest absolute Gasteiger partial charge is 0.479 e. The van der Waals surface area contributed by atoms with Crippen molar-refractivity contribution < 1.29 is 42.0 Å². The van der Waals surface area contributed by atoms with Crippen molar-refractivity contribution in [3.63, 3.8) is 0 Å². The molecule has 0 bridgehead atoms. The molecule has 2 heterocycles. The third kappa shape index (κ3) is 3.09. The van der Waals surface area contributed by atoms with Crippen LogP contribution in [-0.4, -0.2) is 57.8 Å². The fraction of sp³-hybridized carbons (Fsp3) is 0.278. The molecule has 1 aromatic carbocycles. The number of anilines is 1. The average molecular weight is 436 g/mol. The van der Waals surface area contributed by atoms with E-state index in [0.29, 0.717) is 4.90 Å². The van der Waals surface area contributed by atoms with Gasteiger partial charge in [0.25, 0.3) is 21.9 Å². The van der Waals surface area contributed by atoms with Gasteiger partial charge in [0.15, 0.2) is 5.54 Å². The molecule has 1 fully saturated rings. The number of carbonyl (C=O) groups excluding carboxylic acids is 4. The average Bonchev–Trinajstić information content (AvgIpc) is 3.17. The third-order valence-corrected chi connectivity index (χ3v) is 6.37. The van der Waals surface area contributed by atoms with Crippen LogP contribution in [0, 0.1) is 0 Å². The van der Waals surface area contributed by atoms with E-state index in [1.54, 1.807) is 0 Å². The fourth-order valence-electron chi connectivity index (χ4n) is 3.64. The number of carboxylic acid groups (broad SMARTS) is 1. The third-order valence-electron chi connectivity index (χ3n) is 5.14. The molecule has 0 radical (unpaired) electrons. The van der Waals surface area contributed by atoms with E-state index in [1.807, 2.05) is 0 Å². The van der Waals surface area contributed by atoms with Gasteiger partial charge in [0.05, 0.1) is 5.69 Å². The lowest BCUT2D eigenvalue weighted by Crippen LogP contribution is -2.62. The van der Waals surface area contributed by atoms with Crippen molar-refractivity contribution in [2.45, 2.75) is 30.6 Å². The van der Waals surface area contributed by atoms with Crippen LogP contribution in [0.2, 0.25) is 0 Å². The number of hydrogen-bond acceptors (Lipinski definition) is 7. The Hall–Kier alpha value is -3.38. The second kappa shape index (κ2) is 7.15. The van der Waals surface area contributed by atoms with Gasteiger partial charge in [-0.3, -0.25) is 28.6 Å². The van der Waals surface area contributed by atoms with Crippen molar-refractivity contribution in [1.29, 1.82) is 0 Å². The number of aliphatic carboxylic acids is 1. The van der Waals surface area contributed by atoms with E-state index in [9.17, 15) is 42.0 Å². The van der Waals surface area contributed by atoms with Crippen LogP contribution in [0.15, 0.2) is 36.4 Å². The summed E-state index contributed by atoms with van der Waals surface area (Å²) in [5.74, 6) is -4.92. The predicted octanol–water partition coefficient (Wildman–Crippen LogP) is -0.179. The maximum Gasteiger partial charge on any atom is 0.336 e. The Bertz CT molecular complexity index is 1070. The van der Waals surface area contributed by atoms with Gasteiger partial charge < -0.3 is 5.11 Å². The van der Waals surface area contributed by atoms with Crippen molar-refractivity contribution in [2.75, 3.05) is 4.90 Å². The molecule has 3 rings (SSSR count). The fourth-order valence-corrected chi connectivity index (χ4v) is 4.42. The van der Waals surface area contributed by atoms with Crippen LogP contribution in [0.1, 0.15) is 25.3 Å². The predicted molar refractivity (Wildman–Crippen MR) is 99.5 cm³/mol. The number of likely N-dealkylation sites (tertiary alicyclic amines) is 1. The maximum atomic E-state index is 12.4. The summed E-state index contributed by atoms with van der Waals surface area (Å²) in [5.41, 5.74) is -3.00. The quantitative estimate of drug-likeness (QED) is 0.454. The van der Waals surface area contributed by atoms with E-state index in [4.69, 9.17) is 0 Å². The zero-order valence-electron chi connectivity index (χ0n) is 15.5. The minimum Gasteiger partial charge on any atom is -0.479 e. The van der Waals surface area contributed by atoms with Crippen molar-refractivity contribution in [1.82, 2.24) is 4.90 Å². The van der Waals surface area contributed by atoms with Gasteiger partial charge in [0.1, 0.15) is 5.25 Å². The normalized spacial score (nSPS) is 20.1. The van der Waals surface area contributed by atoms with Crippen LogP contribution in [0.5, 0.6) is 0 Å². The first-order valence-corrected chi connectivity index (χ1v) is 10.1.